The number of hydrogen-bond acceptors (Lipinski definition) is 3. The van der Waals surface area contributed by atoms with Gasteiger partial charge in [0.2, 0.25) is 0 Å². The minimum atomic E-state index is 0.851. The van der Waals surface area contributed by atoms with Gasteiger partial charge in [-0.3, -0.25) is 3.53 Å². The zero-order chi connectivity index (χ0) is 9.10. The Hall–Kier alpha value is -0.690. The summed E-state index contributed by atoms with van der Waals surface area (Å²) in [4.78, 5) is 0. The summed E-state index contributed by atoms with van der Waals surface area (Å²) < 4.78 is 4.96. The zero-order valence-corrected chi connectivity index (χ0v) is 9.10. The molecule has 2 aromatic rings. The summed E-state index contributed by atoms with van der Waals surface area (Å²) in [6.45, 7) is 1.75. The number of rotatable bonds is 3. The largest absolute Gasteiger partial charge is 0.259 e. The minimum absolute atomic E-state index is 0.851. The molecule has 5 heteroatoms. The van der Waals surface area contributed by atoms with Crippen LogP contribution in [0.1, 0.15) is 0 Å². The molecule has 0 aliphatic rings. The number of aromatic nitrogens is 3. The topological polar surface area (TPSA) is 42.7 Å². The fraction of sp³-hybridized carbons (Fsp3) is 0.250. The molecule has 0 saturated heterocycles. The SMILES string of the molecule is INCCn1nnc2ccccc21. The maximum Gasteiger partial charge on any atom is 0.113 e. The summed E-state index contributed by atoms with van der Waals surface area (Å²) in [5.41, 5.74) is 2.05. The highest BCUT2D eigenvalue weighted by Crippen LogP contribution is 2.08. The first kappa shape index (κ1) is 8.89. The van der Waals surface area contributed by atoms with Crippen molar-refractivity contribution in [2.24, 2.45) is 0 Å². The number of hydrogen-bond donors (Lipinski definition) is 1. The first-order valence-electron chi connectivity index (χ1n) is 4.03. The molecule has 1 aromatic carbocycles. The molecule has 2 rings (SSSR count). The van der Waals surface area contributed by atoms with Crippen LogP contribution in [-0.2, 0) is 6.54 Å². The molecular weight excluding hydrogens is 279 g/mol. The Morgan fingerprint density at radius 3 is 3.08 bits per heavy atom. The lowest BCUT2D eigenvalue weighted by molar-refractivity contribution is 0.609. The smallest absolute Gasteiger partial charge is 0.113 e. The van der Waals surface area contributed by atoms with E-state index in [1.165, 1.54) is 0 Å². The molecular formula is C8H9IN4. The van der Waals surface area contributed by atoms with Crippen molar-refractivity contribution in [3.63, 3.8) is 0 Å². The summed E-state index contributed by atoms with van der Waals surface area (Å²) in [5.74, 6) is 0. The Morgan fingerprint density at radius 1 is 1.38 bits per heavy atom. The second-order valence-electron chi connectivity index (χ2n) is 2.68. The number of halogens is 1. The van der Waals surface area contributed by atoms with Gasteiger partial charge in [0.15, 0.2) is 0 Å². The molecule has 0 radical (unpaired) electrons. The molecule has 0 unspecified atom stereocenters. The molecule has 0 aliphatic heterocycles. The van der Waals surface area contributed by atoms with Crippen LogP contribution < -0.4 is 3.53 Å². The van der Waals surface area contributed by atoms with Gasteiger partial charge in [0.1, 0.15) is 5.52 Å². The molecule has 13 heavy (non-hydrogen) atoms. The molecule has 68 valence electrons. The van der Waals surface area contributed by atoms with Gasteiger partial charge in [0.05, 0.1) is 12.1 Å². The van der Waals surface area contributed by atoms with E-state index in [2.05, 4.69) is 36.7 Å². The fourth-order valence-electron chi connectivity index (χ4n) is 1.23. The first-order valence-corrected chi connectivity index (χ1v) is 5.11. The van der Waals surface area contributed by atoms with Crippen molar-refractivity contribution < 1.29 is 0 Å². The molecule has 0 bridgehead atoms. The Bertz CT molecular complexity index is 398. The lowest BCUT2D eigenvalue weighted by Crippen LogP contribution is -2.11. The van der Waals surface area contributed by atoms with Crippen LogP contribution in [0.4, 0.5) is 0 Å². The van der Waals surface area contributed by atoms with Crippen molar-refractivity contribution in [1.29, 1.82) is 0 Å². The molecule has 1 heterocycles. The highest BCUT2D eigenvalue weighted by atomic mass is 127. The Labute approximate surface area is 89.8 Å². The van der Waals surface area contributed by atoms with Crippen molar-refractivity contribution in [3.05, 3.63) is 24.3 Å². The van der Waals surface area contributed by atoms with Crippen LogP contribution in [-0.4, -0.2) is 21.5 Å². The van der Waals surface area contributed by atoms with Crippen molar-refractivity contribution >= 4 is 33.9 Å². The van der Waals surface area contributed by atoms with Gasteiger partial charge < -0.3 is 0 Å². The van der Waals surface area contributed by atoms with Gasteiger partial charge in [-0.15, -0.1) is 5.10 Å². The van der Waals surface area contributed by atoms with E-state index in [0.717, 1.165) is 24.1 Å². The Kier molecular flexibility index (Phi) is 2.74. The van der Waals surface area contributed by atoms with Crippen molar-refractivity contribution in [3.8, 4) is 0 Å². The second-order valence-corrected chi connectivity index (χ2v) is 3.45. The number of benzene rings is 1. The summed E-state index contributed by atoms with van der Waals surface area (Å²) in [6, 6.07) is 7.97. The predicted octanol–water partition coefficient (Wildman–Crippen LogP) is 1.37. The molecule has 4 nitrogen and oxygen atoms in total. The van der Waals surface area contributed by atoms with E-state index in [1.807, 2.05) is 28.9 Å². The Morgan fingerprint density at radius 2 is 2.23 bits per heavy atom. The van der Waals surface area contributed by atoms with E-state index in [9.17, 15) is 0 Å². The lowest BCUT2D eigenvalue weighted by Gasteiger charge is -1.99. The first-order chi connectivity index (χ1) is 6.42. The van der Waals surface area contributed by atoms with Crippen LogP contribution in [0.15, 0.2) is 24.3 Å². The second kappa shape index (κ2) is 4.01. The predicted molar refractivity (Wildman–Crippen MR) is 59.6 cm³/mol. The van der Waals surface area contributed by atoms with Crippen molar-refractivity contribution in [1.82, 2.24) is 18.5 Å². The number of para-hydroxylation sites is 1. The normalized spacial score (nSPS) is 10.8. The summed E-state index contributed by atoms with van der Waals surface area (Å²) in [7, 11) is 0. The van der Waals surface area contributed by atoms with Crippen LogP contribution in [0.5, 0.6) is 0 Å². The van der Waals surface area contributed by atoms with E-state index in [0.29, 0.717) is 0 Å². The molecule has 0 fully saturated rings. The molecule has 0 spiro atoms. The molecule has 0 amide bonds. The molecule has 1 aromatic heterocycles. The van der Waals surface area contributed by atoms with E-state index in [4.69, 9.17) is 0 Å². The van der Waals surface area contributed by atoms with E-state index < -0.39 is 0 Å². The fourth-order valence-corrected chi connectivity index (χ4v) is 1.47. The average molecular weight is 288 g/mol. The van der Waals surface area contributed by atoms with E-state index >= 15 is 0 Å². The van der Waals surface area contributed by atoms with Crippen LogP contribution in [0.2, 0.25) is 0 Å². The molecule has 0 saturated carbocycles. The van der Waals surface area contributed by atoms with Crippen LogP contribution in [0.3, 0.4) is 0 Å². The maximum absolute atomic E-state index is 4.06. The lowest BCUT2D eigenvalue weighted by atomic mass is 10.3. The Balaban J connectivity index is 2.35. The summed E-state index contributed by atoms with van der Waals surface area (Å²) in [6.07, 6.45) is 0. The van der Waals surface area contributed by atoms with Crippen LogP contribution in [0, 0.1) is 0 Å². The van der Waals surface area contributed by atoms with Gasteiger partial charge in [0.25, 0.3) is 0 Å². The monoisotopic (exact) mass is 288 g/mol. The zero-order valence-electron chi connectivity index (χ0n) is 6.94. The van der Waals surface area contributed by atoms with Crippen LogP contribution >= 0.6 is 22.9 Å². The molecule has 0 atom stereocenters. The quantitative estimate of drug-likeness (QED) is 0.685. The third kappa shape index (κ3) is 1.80. The van der Waals surface area contributed by atoms with E-state index in [1.54, 1.807) is 0 Å². The van der Waals surface area contributed by atoms with Crippen molar-refractivity contribution in [2.45, 2.75) is 6.54 Å². The summed E-state index contributed by atoms with van der Waals surface area (Å²) in [5, 5.41) is 8.11. The molecule has 0 aliphatic carbocycles. The van der Waals surface area contributed by atoms with E-state index in [-0.39, 0.29) is 0 Å². The van der Waals surface area contributed by atoms with Gasteiger partial charge >= 0.3 is 0 Å². The summed E-state index contributed by atoms with van der Waals surface area (Å²) >= 11 is 2.12. The van der Waals surface area contributed by atoms with Gasteiger partial charge in [-0.05, 0) is 12.1 Å². The van der Waals surface area contributed by atoms with Crippen molar-refractivity contribution in [2.75, 3.05) is 6.54 Å². The number of nitrogens with zero attached hydrogens (tertiary/aromatic N) is 3. The van der Waals surface area contributed by atoms with Gasteiger partial charge in [-0.1, -0.05) is 17.3 Å². The number of fused-ring (bicyclic) bond motifs is 1. The third-order valence-corrected chi connectivity index (χ3v) is 2.38. The van der Waals surface area contributed by atoms with Gasteiger partial charge in [-0.2, -0.15) is 0 Å². The third-order valence-electron chi connectivity index (χ3n) is 1.84. The highest BCUT2D eigenvalue weighted by Gasteiger charge is 2.01. The molecule has 1 N–H and O–H groups in total. The van der Waals surface area contributed by atoms with Crippen LogP contribution in [0.25, 0.3) is 11.0 Å². The minimum Gasteiger partial charge on any atom is -0.259 e. The highest BCUT2D eigenvalue weighted by molar-refractivity contribution is 14.1. The van der Waals surface area contributed by atoms with Gasteiger partial charge in [-0.25, -0.2) is 4.68 Å². The van der Waals surface area contributed by atoms with Gasteiger partial charge in [0, 0.05) is 29.4 Å². The standard InChI is InChI=1S/C8H9IN4/c9-10-5-6-13-8-4-2-1-3-7(8)11-12-13/h1-4,10H,5-6H2. The number of nitrogens with one attached hydrogen (secondary N) is 1. The average Bonchev–Trinajstić information content (AvgIpc) is 2.58. The maximum atomic E-state index is 4.06.